The first kappa shape index (κ1) is 14.1. The maximum absolute atomic E-state index is 9.90. The van der Waals surface area contributed by atoms with Gasteiger partial charge >= 0.3 is 0 Å². The third-order valence-corrected chi connectivity index (χ3v) is 6.04. The van der Waals surface area contributed by atoms with Crippen LogP contribution in [-0.2, 0) is 0 Å². The van der Waals surface area contributed by atoms with Gasteiger partial charge in [-0.2, -0.15) is 23.5 Å². The number of rotatable bonds is 5. The lowest BCUT2D eigenvalue weighted by Gasteiger charge is -2.25. The average Bonchev–Trinajstić information content (AvgIpc) is 2.42. The number of thioether (sulfide) groups is 2. The van der Waals surface area contributed by atoms with Gasteiger partial charge in [0, 0.05) is 40.7 Å². The van der Waals surface area contributed by atoms with E-state index in [0.717, 1.165) is 18.5 Å². The molecule has 18 heavy (non-hydrogen) atoms. The zero-order chi connectivity index (χ0) is 12.8. The molecule has 1 aliphatic heterocycles. The molecule has 2 atom stereocenters. The van der Waals surface area contributed by atoms with Crippen LogP contribution < -0.4 is 5.32 Å². The van der Waals surface area contributed by atoms with Crippen molar-refractivity contribution in [1.29, 1.82) is 0 Å². The average molecular weight is 283 g/mol. The van der Waals surface area contributed by atoms with E-state index in [1.807, 2.05) is 18.2 Å². The maximum Gasteiger partial charge on any atom is 0.120 e. The normalized spacial score (nSPS) is 21.7. The SMILES string of the molecule is CC[C@H](NC[C@H]1CSCCS1)c1ccccc1O. The molecule has 0 aromatic heterocycles. The Morgan fingerprint density at radius 1 is 1.39 bits per heavy atom. The molecule has 4 heteroatoms. The van der Waals surface area contributed by atoms with E-state index in [9.17, 15) is 5.11 Å². The van der Waals surface area contributed by atoms with Gasteiger partial charge in [-0.05, 0) is 12.5 Å². The molecule has 1 heterocycles. The topological polar surface area (TPSA) is 32.3 Å². The number of phenolic OH excluding ortho intramolecular Hbond substituents is 1. The highest BCUT2D eigenvalue weighted by atomic mass is 32.2. The molecule has 2 rings (SSSR count). The van der Waals surface area contributed by atoms with E-state index in [1.54, 1.807) is 6.07 Å². The second-order valence-corrected chi connectivity index (χ2v) is 7.05. The first-order valence-corrected chi connectivity index (χ1v) is 8.72. The van der Waals surface area contributed by atoms with Crippen molar-refractivity contribution >= 4 is 23.5 Å². The summed E-state index contributed by atoms with van der Waals surface area (Å²) >= 11 is 4.12. The fourth-order valence-corrected chi connectivity index (χ4v) is 4.81. The molecule has 1 aromatic carbocycles. The van der Waals surface area contributed by atoms with Crippen LogP contribution in [0.15, 0.2) is 24.3 Å². The van der Waals surface area contributed by atoms with Crippen LogP contribution in [0.5, 0.6) is 5.75 Å². The standard InChI is InChI=1S/C14H21NOS2/c1-2-13(12-5-3-4-6-14(12)16)15-9-11-10-17-7-8-18-11/h3-6,11,13,15-16H,2,7-10H2,1H3/t11-,13-/m0/s1. The minimum Gasteiger partial charge on any atom is -0.508 e. The molecule has 0 unspecified atom stereocenters. The molecule has 0 spiro atoms. The van der Waals surface area contributed by atoms with Crippen LogP contribution in [0.2, 0.25) is 0 Å². The summed E-state index contributed by atoms with van der Waals surface area (Å²) in [5.41, 5.74) is 1.02. The molecule has 1 aliphatic rings. The van der Waals surface area contributed by atoms with Gasteiger partial charge in [-0.1, -0.05) is 25.1 Å². The van der Waals surface area contributed by atoms with Gasteiger partial charge in [0.1, 0.15) is 5.75 Å². The Labute approximate surface area is 118 Å². The van der Waals surface area contributed by atoms with Gasteiger partial charge in [-0.25, -0.2) is 0 Å². The number of hydrogen-bond acceptors (Lipinski definition) is 4. The molecule has 0 bridgehead atoms. The molecule has 0 aliphatic carbocycles. The number of para-hydroxylation sites is 1. The minimum absolute atomic E-state index is 0.263. The van der Waals surface area contributed by atoms with E-state index < -0.39 is 0 Å². The molecular weight excluding hydrogens is 262 g/mol. The van der Waals surface area contributed by atoms with Crippen LogP contribution in [-0.4, -0.2) is 34.2 Å². The van der Waals surface area contributed by atoms with Gasteiger partial charge in [-0.15, -0.1) is 0 Å². The van der Waals surface area contributed by atoms with Crippen molar-refractivity contribution in [2.45, 2.75) is 24.6 Å². The highest BCUT2D eigenvalue weighted by Gasteiger charge is 2.17. The Balaban J connectivity index is 1.91. The van der Waals surface area contributed by atoms with Gasteiger partial charge in [-0.3, -0.25) is 0 Å². The molecule has 0 amide bonds. The third kappa shape index (κ3) is 3.84. The Bertz CT molecular complexity index is 367. The number of hydrogen-bond donors (Lipinski definition) is 2. The fourth-order valence-electron chi connectivity index (χ4n) is 2.18. The molecule has 0 radical (unpaired) electrons. The molecule has 0 saturated carbocycles. The predicted octanol–water partition coefficient (Wildman–Crippen LogP) is 3.28. The molecular formula is C14H21NOS2. The molecule has 1 fully saturated rings. The van der Waals surface area contributed by atoms with Crippen LogP contribution in [0.25, 0.3) is 0 Å². The molecule has 2 N–H and O–H groups in total. The highest BCUT2D eigenvalue weighted by molar-refractivity contribution is 8.06. The van der Waals surface area contributed by atoms with Gasteiger partial charge in [0.2, 0.25) is 0 Å². The van der Waals surface area contributed by atoms with Crippen LogP contribution in [0.4, 0.5) is 0 Å². The quantitative estimate of drug-likeness (QED) is 0.868. The van der Waals surface area contributed by atoms with Crippen molar-refractivity contribution in [3.05, 3.63) is 29.8 Å². The summed E-state index contributed by atoms with van der Waals surface area (Å²) in [6, 6.07) is 7.91. The Morgan fingerprint density at radius 2 is 2.22 bits per heavy atom. The van der Waals surface area contributed by atoms with E-state index in [-0.39, 0.29) is 6.04 Å². The highest BCUT2D eigenvalue weighted by Crippen LogP contribution is 2.27. The van der Waals surface area contributed by atoms with E-state index in [0.29, 0.717) is 11.0 Å². The zero-order valence-corrected chi connectivity index (χ0v) is 12.4. The number of aromatic hydroxyl groups is 1. The summed E-state index contributed by atoms with van der Waals surface area (Å²) in [6.45, 7) is 3.19. The lowest BCUT2D eigenvalue weighted by atomic mass is 10.0. The van der Waals surface area contributed by atoms with E-state index in [4.69, 9.17) is 0 Å². The number of nitrogens with one attached hydrogen (secondary N) is 1. The summed E-state index contributed by atoms with van der Waals surface area (Å²) < 4.78 is 0. The van der Waals surface area contributed by atoms with Crippen molar-refractivity contribution in [2.75, 3.05) is 23.8 Å². The van der Waals surface area contributed by atoms with Crippen LogP contribution in [0.1, 0.15) is 24.9 Å². The Hall–Kier alpha value is -0.320. The second kappa shape index (κ2) is 7.31. The summed E-state index contributed by atoms with van der Waals surface area (Å²) in [4.78, 5) is 0. The van der Waals surface area contributed by atoms with Gasteiger partial charge in [0.25, 0.3) is 0 Å². The molecule has 1 saturated heterocycles. The first-order chi connectivity index (χ1) is 8.81. The summed E-state index contributed by atoms with van der Waals surface area (Å²) in [7, 11) is 0. The van der Waals surface area contributed by atoms with Crippen molar-refractivity contribution in [1.82, 2.24) is 5.32 Å². The summed E-state index contributed by atoms with van der Waals surface area (Å²) in [5, 5.41) is 14.2. The van der Waals surface area contributed by atoms with Crippen LogP contribution in [0, 0.1) is 0 Å². The summed E-state index contributed by atoms with van der Waals surface area (Å²) in [5.74, 6) is 4.21. The fraction of sp³-hybridized carbons (Fsp3) is 0.571. The third-order valence-electron chi connectivity index (χ3n) is 3.20. The first-order valence-electron chi connectivity index (χ1n) is 6.52. The van der Waals surface area contributed by atoms with Crippen LogP contribution in [0.3, 0.4) is 0 Å². The maximum atomic E-state index is 9.90. The van der Waals surface area contributed by atoms with Crippen molar-refractivity contribution in [3.8, 4) is 5.75 Å². The number of benzene rings is 1. The van der Waals surface area contributed by atoms with Gasteiger partial charge in [0.15, 0.2) is 0 Å². The van der Waals surface area contributed by atoms with E-state index in [1.165, 1.54) is 17.3 Å². The minimum atomic E-state index is 0.263. The van der Waals surface area contributed by atoms with E-state index >= 15 is 0 Å². The van der Waals surface area contributed by atoms with Crippen LogP contribution >= 0.6 is 23.5 Å². The van der Waals surface area contributed by atoms with Crippen molar-refractivity contribution in [3.63, 3.8) is 0 Å². The molecule has 2 nitrogen and oxygen atoms in total. The van der Waals surface area contributed by atoms with Gasteiger partial charge < -0.3 is 10.4 Å². The smallest absolute Gasteiger partial charge is 0.120 e. The van der Waals surface area contributed by atoms with E-state index in [2.05, 4.69) is 35.8 Å². The summed E-state index contributed by atoms with van der Waals surface area (Å²) in [6.07, 6.45) is 1.00. The zero-order valence-electron chi connectivity index (χ0n) is 10.8. The lowest BCUT2D eigenvalue weighted by Crippen LogP contribution is -2.31. The van der Waals surface area contributed by atoms with Gasteiger partial charge in [0.05, 0.1) is 0 Å². The Kier molecular flexibility index (Phi) is 5.73. The monoisotopic (exact) mass is 283 g/mol. The second-order valence-electron chi connectivity index (χ2n) is 4.50. The Morgan fingerprint density at radius 3 is 2.89 bits per heavy atom. The molecule has 1 aromatic rings. The number of phenols is 1. The predicted molar refractivity (Wildman–Crippen MR) is 82.7 cm³/mol. The molecule has 100 valence electrons. The van der Waals surface area contributed by atoms with Crippen molar-refractivity contribution in [2.24, 2.45) is 0 Å². The lowest BCUT2D eigenvalue weighted by molar-refractivity contribution is 0.442. The van der Waals surface area contributed by atoms with Crippen molar-refractivity contribution < 1.29 is 5.11 Å². The largest absolute Gasteiger partial charge is 0.508 e.